The number of amides is 2. The molecule has 3 aromatic rings. The first-order chi connectivity index (χ1) is 17.1. The summed E-state index contributed by atoms with van der Waals surface area (Å²) in [6.07, 6.45) is -2.10. The zero-order valence-electron chi connectivity index (χ0n) is 19.3. The number of methoxy groups -OCH3 is 1. The second-order valence-electron chi connectivity index (χ2n) is 8.19. The van der Waals surface area contributed by atoms with Crippen LogP contribution in [0.1, 0.15) is 34.6 Å². The van der Waals surface area contributed by atoms with Gasteiger partial charge in [0.15, 0.2) is 0 Å². The van der Waals surface area contributed by atoms with Crippen LogP contribution in [0.5, 0.6) is 0 Å². The molecule has 0 atom stereocenters. The maximum atomic E-state index is 13.4. The maximum absolute atomic E-state index is 13.4. The lowest BCUT2D eigenvalue weighted by Crippen LogP contribution is -2.23. The highest BCUT2D eigenvalue weighted by Crippen LogP contribution is 2.34. The average Bonchev–Trinajstić information content (AvgIpc) is 3.23. The third-order valence-electron chi connectivity index (χ3n) is 5.69. The minimum absolute atomic E-state index is 0.0527. The number of anilines is 2. The normalized spacial score (nSPS) is 13.8. The molecule has 0 radical (unpaired) electrons. The fourth-order valence-electron chi connectivity index (χ4n) is 3.92. The van der Waals surface area contributed by atoms with E-state index in [1.807, 2.05) is 0 Å². The molecule has 3 N–H and O–H groups in total. The van der Waals surface area contributed by atoms with Crippen LogP contribution < -0.4 is 10.6 Å². The first-order valence-electron chi connectivity index (χ1n) is 10.9. The van der Waals surface area contributed by atoms with E-state index >= 15 is 0 Å². The molecule has 36 heavy (non-hydrogen) atoms. The first kappa shape index (κ1) is 25.5. The van der Waals surface area contributed by atoms with Crippen molar-refractivity contribution in [1.82, 2.24) is 9.97 Å². The summed E-state index contributed by atoms with van der Waals surface area (Å²) in [6, 6.07) is 7.94. The second-order valence-corrected chi connectivity index (χ2v) is 8.60. The van der Waals surface area contributed by atoms with Crippen LogP contribution in [0, 0.1) is 6.92 Å². The van der Waals surface area contributed by atoms with E-state index in [2.05, 4.69) is 20.6 Å². The molecule has 0 saturated heterocycles. The maximum Gasteiger partial charge on any atom is 0.416 e. The largest absolute Gasteiger partial charge is 0.416 e. The molecule has 0 aliphatic heterocycles. The summed E-state index contributed by atoms with van der Waals surface area (Å²) in [7, 11) is 1.49. The van der Waals surface area contributed by atoms with E-state index in [0.29, 0.717) is 39.6 Å². The summed E-state index contributed by atoms with van der Waals surface area (Å²) in [5.74, 6) is -0.990. The van der Waals surface area contributed by atoms with Gasteiger partial charge >= 0.3 is 6.18 Å². The van der Waals surface area contributed by atoms with Crippen molar-refractivity contribution in [3.63, 3.8) is 0 Å². The number of carbonyl (C=O) groups excluding carboxylic acids is 2. The molecule has 1 aromatic heterocycles. The Balaban J connectivity index is 1.73. The van der Waals surface area contributed by atoms with Crippen LogP contribution in [0.3, 0.4) is 0 Å². The number of ether oxygens (including phenoxy) is 1. The van der Waals surface area contributed by atoms with Crippen LogP contribution in [0.15, 0.2) is 53.6 Å². The van der Waals surface area contributed by atoms with Crippen molar-refractivity contribution in [3.05, 3.63) is 75.6 Å². The third kappa shape index (κ3) is 5.29. The van der Waals surface area contributed by atoms with Crippen LogP contribution in [0.25, 0.3) is 11.0 Å². The lowest BCUT2D eigenvalue weighted by molar-refractivity contribution is -0.115. The highest BCUT2D eigenvalue weighted by Gasteiger charge is 2.37. The van der Waals surface area contributed by atoms with Crippen molar-refractivity contribution in [2.45, 2.75) is 32.5 Å². The van der Waals surface area contributed by atoms with E-state index in [4.69, 9.17) is 16.3 Å². The van der Waals surface area contributed by atoms with E-state index in [1.54, 1.807) is 25.1 Å². The second kappa shape index (κ2) is 10.2. The van der Waals surface area contributed by atoms with E-state index < -0.39 is 23.6 Å². The van der Waals surface area contributed by atoms with Crippen molar-refractivity contribution < 1.29 is 27.5 Å². The summed E-state index contributed by atoms with van der Waals surface area (Å²) >= 11 is 6.16. The number of rotatable bonds is 6. The Hall–Kier alpha value is -3.63. The fraction of sp³-hybridized carbons (Fsp3) is 0.240. The van der Waals surface area contributed by atoms with Gasteiger partial charge in [-0.1, -0.05) is 29.8 Å². The average molecular weight is 519 g/mol. The molecular formula is C25H22ClF3N4O3. The quantitative estimate of drug-likeness (QED) is 0.369. The lowest BCUT2D eigenvalue weighted by atomic mass is 9.96. The Kier molecular flexibility index (Phi) is 7.18. The molecule has 1 aliphatic carbocycles. The van der Waals surface area contributed by atoms with E-state index in [1.165, 1.54) is 25.3 Å². The van der Waals surface area contributed by atoms with E-state index in [-0.39, 0.29) is 29.9 Å². The Labute approximate surface area is 209 Å². The summed E-state index contributed by atoms with van der Waals surface area (Å²) in [4.78, 5) is 33.5. The smallest absolute Gasteiger partial charge is 0.377 e. The molecule has 2 aromatic carbocycles. The number of benzene rings is 2. The Morgan fingerprint density at radius 3 is 2.69 bits per heavy atom. The number of hydrogen-bond acceptors (Lipinski definition) is 4. The third-order valence-corrected chi connectivity index (χ3v) is 6.09. The SMILES string of the molecule is COCc1nc2c(C(=O)Nc3cccc(Cl)c3C)cc(NC(=O)C3=C(C(F)(F)F)C=CCC3)cc2[nH]1. The van der Waals surface area contributed by atoms with Gasteiger partial charge < -0.3 is 20.4 Å². The van der Waals surface area contributed by atoms with Gasteiger partial charge in [-0.2, -0.15) is 13.2 Å². The van der Waals surface area contributed by atoms with Gasteiger partial charge in [-0.3, -0.25) is 9.59 Å². The monoisotopic (exact) mass is 518 g/mol. The molecule has 0 spiro atoms. The predicted molar refractivity (Wildman–Crippen MR) is 131 cm³/mol. The number of H-pyrrole nitrogens is 1. The minimum atomic E-state index is -4.66. The molecule has 1 heterocycles. The Morgan fingerprint density at radius 1 is 1.19 bits per heavy atom. The molecule has 0 bridgehead atoms. The number of fused-ring (bicyclic) bond motifs is 1. The Bertz CT molecular complexity index is 1410. The van der Waals surface area contributed by atoms with Crippen LogP contribution in [0.4, 0.5) is 24.5 Å². The van der Waals surface area contributed by atoms with Gasteiger partial charge in [0.05, 0.1) is 16.7 Å². The molecule has 11 heteroatoms. The molecule has 4 rings (SSSR count). The Morgan fingerprint density at radius 2 is 1.97 bits per heavy atom. The number of nitrogens with zero attached hydrogens (tertiary/aromatic N) is 1. The molecule has 188 valence electrons. The summed E-state index contributed by atoms with van der Waals surface area (Å²) < 4.78 is 45.4. The van der Waals surface area contributed by atoms with Gasteiger partial charge in [0.1, 0.15) is 17.9 Å². The number of aromatic amines is 1. The predicted octanol–water partition coefficient (Wildman–Crippen LogP) is 6.07. The van der Waals surface area contributed by atoms with Crippen molar-refractivity contribution in [1.29, 1.82) is 0 Å². The van der Waals surface area contributed by atoms with Crippen LogP contribution in [-0.4, -0.2) is 35.1 Å². The van der Waals surface area contributed by atoms with Crippen molar-refractivity contribution in [2.24, 2.45) is 0 Å². The van der Waals surface area contributed by atoms with E-state index in [9.17, 15) is 22.8 Å². The van der Waals surface area contributed by atoms with Crippen molar-refractivity contribution in [3.8, 4) is 0 Å². The van der Waals surface area contributed by atoms with Crippen LogP contribution in [0.2, 0.25) is 5.02 Å². The topological polar surface area (TPSA) is 96.1 Å². The first-order valence-corrected chi connectivity index (χ1v) is 11.3. The number of hydrogen-bond donors (Lipinski definition) is 3. The van der Waals surface area contributed by atoms with Crippen LogP contribution >= 0.6 is 11.6 Å². The van der Waals surface area contributed by atoms with Crippen LogP contribution in [-0.2, 0) is 16.1 Å². The molecule has 0 fully saturated rings. The summed E-state index contributed by atoms with van der Waals surface area (Å²) in [5, 5.41) is 5.77. The van der Waals surface area contributed by atoms with Gasteiger partial charge in [-0.15, -0.1) is 0 Å². The molecule has 7 nitrogen and oxygen atoms in total. The number of nitrogens with one attached hydrogen (secondary N) is 3. The van der Waals surface area contributed by atoms with Gasteiger partial charge in [0, 0.05) is 29.1 Å². The number of allylic oxidation sites excluding steroid dienone is 3. The van der Waals surface area contributed by atoms with Gasteiger partial charge in [0.25, 0.3) is 11.8 Å². The summed E-state index contributed by atoms with van der Waals surface area (Å²) in [5.41, 5.74) is 0.755. The number of carbonyl (C=O) groups is 2. The van der Waals surface area contributed by atoms with Gasteiger partial charge in [0.2, 0.25) is 0 Å². The van der Waals surface area contributed by atoms with Gasteiger partial charge in [-0.05, 0) is 49.6 Å². The van der Waals surface area contributed by atoms with E-state index in [0.717, 1.165) is 6.08 Å². The highest BCUT2D eigenvalue weighted by molar-refractivity contribution is 6.31. The zero-order valence-corrected chi connectivity index (χ0v) is 20.1. The highest BCUT2D eigenvalue weighted by atomic mass is 35.5. The number of aromatic nitrogens is 2. The molecule has 2 amide bonds. The molecule has 1 aliphatic rings. The summed E-state index contributed by atoms with van der Waals surface area (Å²) in [6.45, 7) is 1.89. The standard InChI is InChI=1S/C25H22ClF3N4O3/c1-13-18(26)8-5-9-19(13)32-24(35)16-10-14(11-20-22(16)33-21(31-20)12-36-2)30-23(34)15-6-3-4-7-17(15)25(27,28)29/h4-5,7-11H,3,6,12H2,1-2H3,(H,30,34)(H,31,33)(H,32,35). The van der Waals surface area contributed by atoms with Crippen molar-refractivity contribution in [2.75, 3.05) is 17.7 Å². The number of alkyl halides is 3. The lowest BCUT2D eigenvalue weighted by Gasteiger charge is -2.18. The number of imidazole rings is 1. The zero-order chi connectivity index (χ0) is 26.0. The molecule has 0 unspecified atom stereocenters. The minimum Gasteiger partial charge on any atom is -0.377 e. The molecule has 0 saturated carbocycles. The van der Waals surface area contributed by atoms with Gasteiger partial charge in [-0.25, -0.2) is 4.98 Å². The fourth-order valence-corrected chi connectivity index (χ4v) is 4.10. The van der Waals surface area contributed by atoms with Crippen molar-refractivity contribution >= 4 is 45.8 Å². The number of halogens is 4. The molecular weight excluding hydrogens is 497 g/mol.